The van der Waals surface area contributed by atoms with Gasteiger partial charge in [-0.3, -0.25) is 14.9 Å². The molecule has 1 amide bonds. The second-order valence-corrected chi connectivity index (χ2v) is 8.24. The largest absolute Gasteiger partial charge is 0.362 e. The topological polar surface area (TPSA) is 83.3 Å². The lowest BCUT2D eigenvalue weighted by Gasteiger charge is -2.35. The SMILES string of the molecule is O=C(C[NH2+]C1CCCCCCC1)N1CCN(c2ccc(Cl)cc2[N+](=O)[O-])CC1. The minimum atomic E-state index is -0.400. The van der Waals surface area contributed by atoms with Gasteiger partial charge in [-0.05, 0) is 37.8 Å². The molecule has 7 nitrogen and oxygen atoms in total. The molecule has 2 N–H and O–H groups in total. The molecule has 1 saturated heterocycles. The predicted octanol–water partition coefficient (Wildman–Crippen LogP) is 2.57. The first-order chi connectivity index (χ1) is 13.5. The van der Waals surface area contributed by atoms with Gasteiger partial charge < -0.3 is 15.1 Å². The zero-order chi connectivity index (χ0) is 19.9. The van der Waals surface area contributed by atoms with Crippen molar-refractivity contribution in [2.75, 3.05) is 37.6 Å². The summed E-state index contributed by atoms with van der Waals surface area (Å²) in [5, 5.41) is 13.9. The molecule has 8 heteroatoms. The van der Waals surface area contributed by atoms with Crippen LogP contribution in [-0.4, -0.2) is 54.5 Å². The van der Waals surface area contributed by atoms with Gasteiger partial charge in [-0.25, -0.2) is 0 Å². The zero-order valence-electron chi connectivity index (χ0n) is 16.3. The molecule has 1 aliphatic heterocycles. The number of nitrogens with two attached hydrogens (primary N) is 1. The average molecular weight is 410 g/mol. The summed E-state index contributed by atoms with van der Waals surface area (Å²) in [5.41, 5.74) is 0.590. The van der Waals surface area contributed by atoms with Crippen molar-refractivity contribution >= 4 is 28.9 Å². The molecule has 1 heterocycles. The number of nitrogens with zero attached hydrogens (tertiary/aromatic N) is 3. The van der Waals surface area contributed by atoms with Crippen molar-refractivity contribution in [3.8, 4) is 0 Å². The molecule has 3 rings (SSSR count). The van der Waals surface area contributed by atoms with Gasteiger partial charge in [0.05, 0.1) is 11.0 Å². The van der Waals surface area contributed by atoms with E-state index >= 15 is 0 Å². The van der Waals surface area contributed by atoms with E-state index in [1.807, 2.05) is 9.80 Å². The molecule has 0 spiro atoms. The first-order valence-electron chi connectivity index (χ1n) is 10.3. The van der Waals surface area contributed by atoms with E-state index in [2.05, 4.69) is 5.32 Å². The lowest BCUT2D eigenvalue weighted by molar-refractivity contribution is -0.681. The van der Waals surface area contributed by atoms with Crippen LogP contribution >= 0.6 is 11.6 Å². The highest BCUT2D eigenvalue weighted by atomic mass is 35.5. The second-order valence-electron chi connectivity index (χ2n) is 7.80. The summed E-state index contributed by atoms with van der Waals surface area (Å²) in [5.74, 6) is 0.173. The van der Waals surface area contributed by atoms with Crippen molar-refractivity contribution in [2.45, 2.75) is 51.0 Å². The molecule has 154 valence electrons. The zero-order valence-corrected chi connectivity index (χ0v) is 17.1. The normalized spacial score (nSPS) is 19.2. The molecule has 0 radical (unpaired) electrons. The number of rotatable bonds is 5. The van der Waals surface area contributed by atoms with Crippen LogP contribution in [0, 0.1) is 10.1 Å². The maximum atomic E-state index is 12.6. The highest BCUT2D eigenvalue weighted by molar-refractivity contribution is 6.30. The van der Waals surface area contributed by atoms with E-state index in [9.17, 15) is 14.9 Å². The Kier molecular flexibility index (Phi) is 7.50. The Labute approximate surface area is 171 Å². The van der Waals surface area contributed by atoms with Crippen molar-refractivity contribution in [1.82, 2.24) is 4.90 Å². The summed E-state index contributed by atoms with van der Waals surface area (Å²) in [6.07, 6.45) is 8.94. The first-order valence-corrected chi connectivity index (χ1v) is 10.7. The monoisotopic (exact) mass is 409 g/mol. The van der Waals surface area contributed by atoms with Gasteiger partial charge in [-0.15, -0.1) is 0 Å². The second kappa shape index (κ2) is 10.1. The summed E-state index contributed by atoms with van der Waals surface area (Å²) in [6.45, 7) is 2.88. The smallest absolute Gasteiger partial charge is 0.294 e. The summed E-state index contributed by atoms with van der Waals surface area (Å²) in [4.78, 5) is 27.4. The minimum Gasteiger partial charge on any atom is -0.362 e. The Morgan fingerprint density at radius 3 is 2.39 bits per heavy atom. The maximum Gasteiger partial charge on any atom is 0.294 e. The van der Waals surface area contributed by atoms with E-state index in [4.69, 9.17) is 11.6 Å². The molecular weight excluding hydrogens is 380 g/mol. The average Bonchev–Trinajstić information content (AvgIpc) is 2.67. The molecule has 0 atom stereocenters. The fourth-order valence-electron chi connectivity index (χ4n) is 4.23. The predicted molar refractivity (Wildman–Crippen MR) is 110 cm³/mol. The van der Waals surface area contributed by atoms with E-state index in [-0.39, 0.29) is 11.6 Å². The van der Waals surface area contributed by atoms with Crippen LogP contribution in [0.5, 0.6) is 0 Å². The molecule has 2 aliphatic rings. The van der Waals surface area contributed by atoms with Gasteiger partial charge in [0.15, 0.2) is 6.54 Å². The number of nitro benzene ring substituents is 1. The Bertz CT molecular complexity index is 684. The maximum absolute atomic E-state index is 12.6. The molecule has 0 aromatic heterocycles. The number of amides is 1. The van der Waals surface area contributed by atoms with Crippen LogP contribution < -0.4 is 10.2 Å². The van der Waals surface area contributed by atoms with Crippen molar-refractivity contribution in [1.29, 1.82) is 0 Å². The number of halogens is 1. The molecule has 1 aliphatic carbocycles. The van der Waals surface area contributed by atoms with E-state index in [1.165, 1.54) is 51.0 Å². The van der Waals surface area contributed by atoms with Crippen molar-refractivity contribution in [3.05, 3.63) is 33.3 Å². The van der Waals surface area contributed by atoms with Crippen LogP contribution in [0.15, 0.2) is 18.2 Å². The van der Waals surface area contributed by atoms with E-state index in [0.29, 0.717) is 49.5 Å². The quantitative estimate of drug-likeness (QED) is 0.598. The highest BCUT2D eigenvalue weighted by Gasteiger charge is 2.27. The third-order valence-corrected chi connectivity index (χ3v) is 6.12. The number of carbonyl (C=O) groups is 1. The number of benzene rings is 1. The van der Waals surface area contributed by atoms with Crippen LogP contribution in [0.25, 0.3) is 0 Å². The standard InChI is InChI=1S/C20H29ClN4O3/c21-16-8-9-18(19(14-16)25(27)28)23-10-12-24(13-11-23)20(26)15-22-17-6-4-2-1-3-5-7-17/h8-9,14,17,22H,1-7,10-13,15H2/p+1. The van der Waals surface area contributed by atoms with Crippen molar-refractivity contribution in [2.24, 2.45) is 0 Å². The van der Waals surface area contributed by atoms with Crippen molar-refractivity contribution in [3.63, 3.8) is 0 Å². The summed E-state index contributed by atoms with van der Waals surface area (Å²) >= 11 is 5.90. The van der Waals surface area contributed by atoms with E-state index < -0.39 is 4.92 Å². The molecule has 2 fully saturated rings. The molecule has 1 saturated carbocycles. The third kappa shape index (κ3) is 5.58. The van der Waals surface area contributed by atoms with Crippen LogP contribution in [0.3, 0.4) is 0 Å². The van der Waals surface area contributed by atoms with Gasteiger partial charge in [0.2, 0.25) is 0 Å². The van der Waals surface area contributed by atoms with E-state index in [0.717, 1.165) is 0 Å². The fraction of sp³-hybridized carbons (Fsp3) is 0.650. The van der Waals surface area contributed by atoms with E-state index in [1.54, 1.807) is 12.1 Å². The van der Waals surface area contributed by atoms with Crippen LogP contribution in [0.1, 0.15) is 44.9 Å². The fourth-order valence-corrected chi connectivity index (χ4v) is 4.39. The summed E-state index contributed by atoms with van der Waals surface area (Å²) < 4.78 is 0. The molecule has 28 heavy (non-hydrogen) atoms. The first kappa shape index (κ1) is 20.9. The Morgan fingerprint density at radius 1 is 1.11 bits per heavy atom. The van der Waals surface area contributed by atoms with Gasteiger partial charge in [-0.2, -0.15) is 0 Å². The van der Waals surface area contributed by atoms with Gasteiger partial charge in [-0.1, -0.05) is 30.9 Å². The number of hydrogen-bond donors (Lipinski definition) is 1. The number of quaternary nitrogens is 1. The summed E-state index contributed by atoms with van der Waals surface area (Å²) in [7, 11) is 0. The summed E-state index contributed by atoms with van der Waals surface area (Å²) in [6, 6.07) is 5.33. The number of carbonyl (C=O) groups excluding carboxylic acids is 1. The van der Waals surface area contributed by atoms with Crippen LogP contribution in [-0.2, 0) is 4.79 Å². The minimum absolute atomic E-state index is 0.0184. The van der Waals surface area contributed by atoms with Gasteiger partial charge in [0, 0.05) is 37.3 Å². The van der Waals surface area contributed by atoms with Crippen molar-refractivity contribution < 1.29 is 15.0 Å². The molecule has 1 aromatic rings. The number of anilines is 1. The number of nitro groups is 1. The number of piperazine rings is 1. The van der Waals surface area contributed by atoms with Gasteiger partial charge in [0.25, 0.3) is 11.6 Å². The van der Waals surface area contributed by atoms with Gasteiger partial charge in [0.1, 0.15) is 5.69 Å². The van der Waals surface area contributed by atoms with Crippen LogP contribution in [0.4, 0.5) is 11.4 Å². The Morgan fingerprint density at radius 2 is 1.75 bits per heavy atom. The van der Waals surface area contributed by atoms with Crippen LogP contribution in [0.2, 0.25) is 5.02 Å². The number of hydrogen-bond acceptors (Lipinski definition) is 4. The third-order valence-electron chi connectivity index (χ3n) is 5.88. The lowest BCUT2D eigenvalue weighted by Crippen LogP contribution is -2.92. The lowest BCUT2D eigenvalue weighted by atomic mass is 9.97. The Hall–Kier alpha value is -1.86. The molecule has 1 aromatic carbocycles. The molecule has 0 unspecified atom stereocenters. The Balaban J connectivity index is 1.49. The molecular formula is C20H30ClN4O3+. The highest BCUT2D eigenvalue weighted by Crippen LogP contribution is 2.31. The molecule has 0 bridgehead atoms. The van der Waals surface area contributed by atoms with Gasteiger partial charge >= 0.3 is 0 Å².